The second-order valence-corrected chi connectivity index (χ2v) is 4.21. The molecule has 0 saturated carbocycles. The molecule has 1 N–H and O–H groups in total. The Balaban J connectivity index is 2.03. The van der Waals surface area contributed by atoms with Gasteiger partial charge in [-0.2, -0.15) is 0 Å². The Morgan fingerprint density at radius 2 is 2.21 bits per heavy atom. The first-order valence-corrected chi connectivity index (χ1v) is 5.96. The number of methoxy groups -OCH3 is 1. The van der Waals surface area contributed by atoms with Crippen LogP contribution in [0.25, 0.3) is 0 Å². The second kappa shape index (κ2) is 6.04. The fourth-order valence-corrected chi connectivity index (χ4v) is 1.86. The highest BCUT2D eigenvalue weighted by Gasteiger charge is 2.24. The summed E-state index contributed by atoms with van der Waals surface area (Å²) in [7, 11) is 1.26. The molecule has 1 unspecified atom stereocenters. The lowest BCUT2D eigenvalue weighted by molar-refractivity contribution is -0.144. The van der Waals surface area contributed by atoms with Crippen molar-refractivity contribution in [2.45, 2.75) is 12.5 Å². The molecule has 19 heavy (non-hydrogen) atoms. The lowest BCUT2D eigenvalue weighted by Crippen LogP contribution is -2.44. The van der Waals surface area contributed by atoms with Gasteiger partial charge in [-0.3, -0.25) is 0 Å². The molecule has 100 valence electrons. The first kappa shape index (κ1) is 13.1. The average Bonchev–Trinajstić information content (AvgIpc) is 2.43. The summed E-state index contributed by atoms with van der Waals surface area (Å²) in [6.07, 6.45) is 1.83. The monoisotopic (exact) mass is 261 g/mol. The Morgan fingerprint density at radius 1 is 1.47 bits per heavy atom. The summed E-state index contributed by atoms with van der Waals surface area (Å²) in [6.45, 7) is 0.284. The molecule has 0 bridgehead atoms. The number of nitrogens with one attached hydrogen (secondary N) is 1. The van der Waals surface area contributed by atoms with E-state index in [1.807, 2.05) is 30.3 Å². The van der Waals surface area contributed by atoms with Crippen LogP contribution < -0.4 is 5.32 Å². The van der Waals surface area contributed by atoms with Crippen LogP contribution >= 0.6 is 0 Å². The fraction of sp³-hybridized carbons (Fsp3) is 0.286. The number of carbonyl (C=O) groups excluding carboxylic acids is 2. The minimum Gasteiger partial charge on any atom is -0.466 e. The van der Waals surface area contributed by atoms with E-state index in [1.165, 1.54) is 7.11 Å². The van der Waals surface area contributed by atoms with Crippen LogP contribution in [0, 0.1) is 0 Å². The third-order valence-electron chi connectivity index (χ3n) is 2.78. The Kier molecular flexibility index (Phi) is 4.18. The number of ether oxygens (including phenoxy) is 2. The zero-order valence-electron chi connectivity index (χ0n) is 10.6. The molecule has 1 saturated heterocycles. The van der Waals surface area contributed by atoms with E-state index in [2.05, 4.69) is 10.1 Å². The summed E-state index contributed by atoms with van der Waals surface area (Å²) in [5.41, 5.74) is 1.27. The third kappa shape index (κ3) is 3.58. The molecule has 1 aromatic carbocycles. The van der Waals surface area contributed by atoms with E-state index in [0.29, 0.717) is 6.42 Å². The van der Waals surface area contributed by atoms with Crippen molar-refractivity contribution in [2.75, 3.05) is 13.7 Å². The molecule has 5 heteroatoms. The number of morpholine rings is 1. The van der Waals surface area contributed by atoms with E-state index < -0.39 is 11.9 Å². The van der Waals surface area contributed by atoms with Crippen molar-refractivity contribution < 1.29 is 19.1 Å². The molecule has 5 nitrogen and oxygen atoms in total. The van der Waals surface area contributed by atoms with Gasteiger partial charge in [0.25, 0.3) is 0 Å². The standard InChI is InChI=1S/C14H15NO4/c1-18-13(16)8-12-14(17)19-9-11(15-12)7-10-5-3-2-4-6-10/h2-6,8,11,15H,7,9H2,1H3/b12-8-. The molecule has 1 fully saturated rings. The zero-order valence-corrected chi connectivity index (χ0v) is 10.6. The van der Waals surface area contributed by atoms with Crippen molar-refractivity contribution in [3.8, 4) is 0 Å². The van der Waals surface area contributed by atoms with Gasteiger partial charge in [-0.25, -0.2) is 9.59 Å². The molecule has 0 amide bonds. The fourth-order valence-electron chi connectivity index (χ4n) is 1.86. The van der Waals surface area contributed by atoms with Crippen LogP contribution in [0.4, 0.5) is 0 Å². The molecule has 2 rings (SSSR count). The van der Waals surface area contributed by atoms with Crippen molar-refractivity contribution >= 4 is 11.9 Å². The van der Waals surface area contributed by atoms with Crippen molar-refractivity contribution in [3.63, 3.8) is 0 Å². The minimum atomic E-state index is -0.584. The molecule has 1 aliphatic heterocycles. The highest BCUT2D eigenvalue weighted by molar-refractivity contribution is 5.96. The van der Waals surface area contributed by atoms with Crippen LogP contribution in [0.15, 0.2) is 42.1 Å². The molecule has 0 spiro atoms. The van der Waals surface area contributed by atoms with Crippen LogP contribution in [0.3, 0.4) is 0 Å². The van der Waals surface area contributed by atoms with Crippen LogP contribution in [-0.2, 0) is 25.5 Å². The van der Waals surface area contributed by atoms with Crippen molar-refractivity contribution in [3.05, 3.63) is 47.7 Å². The molecule has 0 radical (unpaired) electrons. The smallest absolute Gasteiger partial charge is 0.354 e. The van der Waals surface area contributed by atoms with E-state index in [1.54, 1.807) is 0 Å². The largest absolute Gasteiger partial charge is 0.466 e. The Hall–Kier alpha value is -2.30. The highest BCUT2D eigenvalue weighted by atomic mass is 16.5. The van der Waals surface area contributed by atoms with Crippen molar-refractivity contribution in [1.29, 1.82) is 0 Å². The number of benzene rings is 1. The molecule has 1 aromatic rings. The molecule has 1 aliphatic rings. The lowest BCUT2D eigenvalue weighted by Gasteiger charge is -2.26. The van der Waals surface area contributed by atoms with Crippen LogP contribution in [0.2, 0.25) is 0 Å². The van der Waals surface area contributed by atoms with Crippen LogP contribution in [0.5, 0.6) is 0 Å². The maximum atomic E-state index is 11.5. The van der Waals surface area contributed by atoms with Crippen LogP contribution in [0.1, 0.15) is 5.56 Å². The number of esters is 2. The van der Waals surface area contributed by atoms with Gasteiger partial charge in [0, 0.05) is 0 Å². The normalized spacial score (nSPS) is 20.6. The van der Waals surface area contributed by atoms with Gasteiger partial charge < -0.3 is 14.8 Å². The van der Waals surface area contributed by atoms with Gasteiger partial charge in [-0.1, -0.05) is 30.3 Å². The number of rotatable bonds is 3. The van der Waals surface area contributed by atoms with Crippen LogP contribution in [-0.4, -0.2) is 31.7 Å². The summed E-state index contributed by atoms with van der Waals surface area (Å²) in [5, 5.41) is 3.00. The maximum absolute atomic E-state index is 11.5. The van der Waals surface area contributed by atoms with Crippen molar-refractivity contribution in [2.24, 2.45) is 0 Å². The van der Waals surface area contributed by atoms with Gasteiger partial charge in [-0.15, -0.1) is 0 Å². The number of hydrogen-bond acceptors (Lipinski definition) is 5. The molecular weight excluding hydrogens is 246 g/mol. The summed E-state index contributed by atoms with van der Waals surface area (Å²) >= 11 is 0. The number of carbonyl (C=O) groups is 2. The molecular formula is C14H15NO4. The predicted molar refractivity (Wildman–Crippen MR) is 68.1 cm³/mol. The van der Waals surface area contributed by atoms with E-state index in [4.69, 9.17) is 4.74 Å². The Labute approximate surface area is 111 Å². The first-order chi connectivity index (χ1) is 9.19. The average molecular weight is 261 g/mol. The summed E-state index contributed by atoms with van der Waals surface area (Å²) in [6, 6.07) is 9.81. The van der Waals surface area contributed by atoms with Gasteiger partial charge in [0.2, 0.25) is 0 Å². The minimum absolute atomic E-state index is 0.0454. The molecule has 1 atom stereocenters. The third-order valence-corrected chi connectivity index (χ3v) is 2.78. The Bertz CT molecular complexity index is 495. The quantitative estimate of drug-likeness (QED) is 0.644. The predicted octanol–water partition coefficient (Wildman–Crippen LogP) is 0.801. The topological polar surface area (TPSA) is 64.6 Å². The van der Waals surface area contributed by atoms with E-state index in [-0.39, 0.29) is 18.3 Å². The van der Waals surface area contributed by atoms with Gasteiger partial charge in [0.15, 0.2) is 0 Å². The summed E-state index contributed by atoms with van der Waals surface area (Å²) < 4.78 is 9.53. The van der Waals surface area contributed by atoms with Gasteiger partial charge >= 0.3 is 11.9 Å². The summed E-state index contributed by atoms with van der Waals surface area (Å²) in [5.74, 6) is -1.12. The maximum Gasteiger partial charge on any atom is 0.354 e. The second-order valence-electron chi connectivity index (χ2n) is 4.21. The molecule has 1 heterocycles. The van der Waals surface area contributed by atoms with Gasteiger partial charge in [0.05, 0.1) is 19.2 Å². The Morgan fingerprint density at radius 3 is 2.89 bits per heavy atom. The lowest BCUT2D eigenvalue weighted by atomic mass is 10.1. The van der Waals surface area contributed by atoms with E-state index in [0.717, 1.165) is 11.6 Å². The number of cyclic esters (lactones) is 1. The van der Waals surface area contributed by atoms with Gasteiger partial charge in [-0.05, 0) is 12.0 Å². The molecule has 0 aromatic heterocycles. The van der Waals surface area contributed by atoms with E-state index in [9.17, 15) is 9.59 Å². The molecule has 0 aliphatic carbocycles. The summed E-state index contributed by atoms with van der Waals surface area (Å²) in [4.78, 5) is 22.6. The SMILES string of the molecule is COC(=O)/C=C1\NC(Cc2ccccc2)COC1=O. The van der Waals surface area contributed by atoms with Gasteiger partial charge in [0.1, 0.15) is 12.3 Å². The van der Waals surface area contributed by atoms with Crippen molar-refractivity contribution in [1.82, 2.24) is 5.32 Å². The number of hydrogen-bond donors (Lipinski definition) is 1. The van der Waals surface area contributed by atoms with E-state index >= 15 is 0 Å². The first-order valence-electron chi connectivity index (χ1n) is 5.96. The zero-order chi connectivity index (χ0) is 13.7. The highest BCUT2D eigenvalue weighted by Crippen LogP contribution is 2.10.